The molecule has 30 heavy (non-hydrogen) atoms. The lowest BCUT2D eigenvalue weighted by Gasteiger charge is -2.40. The van der Waals surface area contributed by atoms with Crippen LogP contribution in [0.3, 0.4) is 0 Å². The van der Waals surface area contributed by atoms with Crippen molar-refractivity contribution in [3.8, 4) is 5.88 Å². The molecule has 2 heterocycles. The van der Waals surface area contributed by atoms with Gasteiger partial charge in [0.05, 0.1) is 5.56 Å². The minimum Gasteiger partial charge on any atom is -0.468 e. The number of nitrogens with zero attached hydrogens (tertiary/aromatic N) is 2. The molecule has 1 aliphatic heterocycles. The van der Waals surface area contributed by atoms with E-state index in [1.165, 1.54) is 23.9 Å². The Morgan fingerprint density at radius 2 is 1.97 bits per heavy atom. The van der Waals surface area contributed by atoms with Crippen molar-refractivity contribution in [2.45, 2.75) is 57.2 Å². The van der Waals surface area contributed by atoms with Crippen LogP contribution in [0.1, 0.15) is 60.9 Å². The maximum Gasteiger partial charge on any atom is 0.422 e. The van der Waals surface area contributed by atoms with E-state index in [1.54, 1.807) is 0 Å². The number of halogens is 3. The highest BCUT2D eigenvalue weighted by atomic mass is 19.4. The van der Waals surface area contributed by atoms with Crippen LogP contribution < -0.4 is 4.74 Å². The number of alkyl halides is 3. The summed E-state index contributed by atoms with van der Waals surface area (Å²) in [6, 6.07) is 13.3. The standard InChI is InChI=1S/C23H27F3N2O2/c1-2-3-9-20-14-18(17-7-5-4-6-8-17)12-13-28(20)22(29)19-10-11-21(27-15-19)30-16-23(24,25)26/h4-8,10-11,15,18,20H,2-3,9,12-14,16H2,1H3/t18?,20-/m1/s1. The van der Waals surface area contributed by atoms with Gasteiger partial charge in [-0.1, -0.05) is 50.1 Å². The summed E-state index contributed by atoms with van der Waals surface area (Å²) in [4.78, 5) is 18.9. The van der Waals surface area contributed by atoms with Crippen LogP contribution in [-0.2, 0) is 0 Å². The van der Waals surface area contributed by atoms with E-state index < -0.39 is 12.8 Å². The third-order valence-corrected chi connectivity index (χ3v) is 5.51. The van der Waals surface area contributed by atoms with Gasteiger partial charge >= 0.3 is 6.18 Å². The number of carbonyl (C=O) groups is 1. The summed E-state index contributed by atoms with van der Waals surface area (Å²) >= 11 is 0. The monoisotopic (exact) mass is 420 g/mol. The topological polar surface area (TPSA) is 42.4 Å². The molecule has 0 bridgehead atoms. The Labute approximate surface area is 175 Å². The molecular formula is C23H27F3N2O2. The first-order valence-electron chi connectivity index (χ1n) is 10.4. The number of aromatic nitrogens is 1. The number of rotatable bonds is 7. The van der Waals surface area contributed by atoms with Gasteiger partial charge in [-0.15, -0.1) is 0 Å². The highest BCUT2D eigenvalue weighted by molar-refractivity contribution is 5.94. The maximum atomic E-state index is 13.1. The number of ether oxygens (including phenoxy) is 1. The number of hydrogen-bond acceptors (Lipinski definition) is 3. The van der Waals surface area contributed by atoms with Crippen LogP contribution in [0.4, 0.5) is 13.2 Å². The molecule has 7 heteroatoms. The van der Waals surface area contributed by atoms with E-state index >= 15 is 0 Å². The largest absolute Gasteiger partial charge is 0.468 e. The predicted octanol–water partition coefficient (Wildman–Crippen LogP) is 5.60. The minimum atomic E-state index is -4.42. The summed E-state index contributed by atoms with van der Waals surface area (Å²) in [5.74, 6) is 0.153. The Morgan fingerprint density at radius 3 is 2.60 bits per heavy atom. The molecule has 0 aliphatic carbocycles. The molecule has 1 aromatic carbocycles. The second kappa shape index (κ2) is 9.96. The SMILES string of the molecule is CCCC[C@@H]1CC(c2ccccc2)CCN1C(=O)c1ccc(OCC(F)(F)F)nc1. The molecule has 1 amide bonds. The number of hydrogen-bond donors (Lipinski definition) is 0. The van der Waals surface area contributed by atoms with Gasteiger partial charge in [0, 0.05) is 24.8 Å². The molecule has 0 saturated carbocycles. The number of benzene rings is 1. The van der Waals surface area contributed by atoms with Crippen LogP contribution in [-0.4, -0.2) is 41.2 Å². The van der Waals surface area contributed by atoms with Crippen LogP contribution in [0.15, 0.2) is 48.7 Å². The van der Waals surface area contributed by atoms with Crippen molar-refractivity contribution in [2.75, 3.05) is 13.2 Å². The van der Waals surface area contributed by atoms with E-state index in [9.17, 15) is 18.0 Å². The van der Waals surface area contributed by atoms with Crippen molar-refractivity contribution in [2.24, 2.45) is 0 Å². The minimum absolute atomic E-state index is 0.127. The lowest BCUT2D eigenvalue weighted by Crippen LogP contribution is -2.45. The first kappa shape index (κ1) is 22.1. The molecule has 0 spiro atoms. The zero-order chi connectivity index (χ0) is 21.6. The third-order valence-electron chi connectivity index (χ3n) is 5.51. The number of pyridine rings is 1. The molecule has 0 N–H and O–H groups in total. The van der Waals surface area contributed by atoms with E-state index in [0.29, 0.717) is 18.0 Å². The van der Waals surface area contributed by atoms with Crippen molar-refractivity contribution >= 4 is 5.91 Å². The Bertz CT molecular complexity index is 809. The number of likely N-dealkylation sites (tertiary alicyclic amines) is 1. The number of unbranched alkanes of at least 4 members (excludes halogenated alkanes) is 1. The summed E-state index contributed by atoms with van der Waals surface area (Å²) in [6.07, 6.45) is 1.71. The number of carbonyl (C=O) groups excluding carboxylic acids is 1. The second-order valence-electron chi connectivity index (χ2n) is 7.72. The van der Waals surface area contributed by atoms with Crippen LogP contribution >= 0.6 is 0 Å². The van der Waals surface area contributed by atoms with Crippen molar-refractivity contribution in [3.05, 3.63) is 59.8 Å². The van der Waals surface area contributed by atoms with Crippen molar-refractivity contribution < 1.29 is 22.7 Å². The first-order chi connectivity index (χ1) is 14.4. The highest BCUT2D eigenvalue weighted by Gasteiger charge is 2.32. The van der Waals surface area contributed by atoms with E-state index in [-0.39, 0.29) is 17.8 Å². The van der Waals surface area contributed by atoms with Gasteiger partial charge in [-0.05, 0) is 36.8 Å². The average Bonchev–Trinajstić information content (AvgIpc) is 2.76. The van der Waals surface area contributed by atoms with Gasteiger partial charge in [-0.25, -0.2) is 4.98 Å². The third kappa shape index (κ3) is 5.97. The van der Waals surface area contributed by atoms with E-state index in [2.05, 4.69) is 28.8 Å². The van der Waals surface area contributed by atoms with Gasteiger partial charge in [0.25, 0.3) is 5.91 Å². The fraction of sp³-hybridized carbons (Fsp3) is 0.478. The normalized spacial score (nSPS) is 19.5. The molecular weight excluding hydrogens is 393 g/mol. The van der Waals surface area contributed by atoms with Crippen LogP contribution in [0, 0.1) is 0 Å². The Morgan fingerprint density at radius 1 is 1.20 bits per heavy atom. The van der Waals surface area contributed by atoms with Crippen LogP contribution in [0.25, 0.3) is 0 Å². The summed E-state index contributed by atoms with van der Waals surface area (Å²) in [7, 11) is 0. The molecule has 3 rings (SSSR count). The zero-order valence-corrected chi connectivity index (χ0v) is 17.1. The summed E-state index contributed by atoms with van der Waals surface area (Å²) in [5, 5.41) is 0. The van der Waals surface area contributed by atoms with Gasteiger partial charge in [0.1, 0.15) is 0 Å². The van der Waals surface area contributed by atoms with Crippen molar-refractivity contribution in [1.29, 1.82) is 0 Å². The highest BCUT2D eigenvalue weighted by Crippen LogP contribution is 2.34. The van der Waals surface area contributed by atoms with Gasteiger partial charge in [-0.3, -0.25) is 4.79 Å². The van der Waals surface area contributed by atoms with Gasteiger partial charge in [0.15, 0.2) is 6.61 Å². The first-order valence-corrected chi connectivity index (χ1v) is 10.4. The fourth-order valence-corrected chi connectivity index (χ4v) is 3.97. The number of amides is 1. The fourth-order valence-electron chi connectivity index (χ4n) is 3.97. The lowest BCUT2D eigenvalue weighted by atomic mass is 9.83. The molecule has 1 aliphatic rings. The maximum absolute atomic E-state index is 13.1. The second-order valence-corrected chi connectivity index (χ2v) is 7.72. The quantitative estimate of drug-likeness (QED) is 0.585. The molecule has 2 atom stereocenters. The molecule has 1 fully saturated rings. The summed E-state index contributed by atoms with van der Waals surface area (Å²) in [5.41, 5.74) is 1.67. The van der Waals surface area contributed by atoms with Crippen molar-refractivity contribution in [3.63, 3.8) is 0 Å². The molecule has 1 unspecified atom stereocenters. The molecule has 1 aromatic heterocycles. The van der Waals surface area contributed by atoms with E-state index in [0.717, 1.165) is 32.1 Å². The van der Waals surface area contributed by atoms with Gasteiger partial charge in [0.2, 0.25) is 5.88 Å². The van der Waals surface area contributed by atoms with Crippen LogP contribution in [0.2, 0.25) is 0 Å². The summed E-state index contributed by atoms with van der Waals surface area (Å²) in [6.45, 7) is 1.38. The summed E-state index contributed by atoms with van der Waals surface area (Å²) < 4.78 is 41.5. The van der Waals surface area contributed by atoms with Gasteiger partial charge in [-0.2, -0.15) is 13.2 Å². The molecule has 2 aromatic rings. The smallest absolute Gasteiger partial charge is 0.422 e. The Hall–Kier alpha value is -2.57. The molecule has 162 valence electrons. The zero-order valence-electron chi connectivity index (χ0n) is 17.1. The number of piperidine rings is 1. The van der Waals surface area contributed by atoms with E-state index in [1.807, 2.05) is 23.1 Å². The Kier molecular flexibility index (Phi) is 7.34. The average molecular weight is 420 g/mol. The van der Waals surface area contributed by atoms with Crippen LogP contribution in [0.5, 0.6) is 5.88 Å². The van der Waals surface area contributed by atoms with Gasteiger partial charge < -0.3 is 9.64 Å². The van der Waals surface area contributed by atoms with E-state index in [4.69, 9.17) is 0 Å². The molecule has 1 saturated heterocycles. The predicted molar refractivity (Wildman–Crippen MR) is 109 cm³/mol. The molecule has 0 radical (unpaired) electrons. The lowest BCUT2D eigenvalue weighted by molar-refractivity contribution is -0.154. The molecule has 4 nitrogen and oxygen atoms in total. The Balaban J connectivity index is 1.68. The van der Waals surface area contributed by atoms with Crippen molar-refractivity contribution in [1.82, 2.24) is 9.88 Å².